The number of hydrogen-bond acceptors (Lipinski definition) is 9. The molecule has 0 radical (unpaired) electrons. The molecule has 9 rings (SSSR count). The number of carbonyl (C=O) groups is 4. The first kappa shape index (κ1) is 38.1. The molecule has 306 valence electrons. The van der Waals surface area contributed by atoms with E-state index in [1.165, 1.54) is 4.90 Å². The summed E-state index contributed by atoms with van der Waals surface area (Å²) in [6, 6.07) is 5.16. The number of hydrogen-bond donors (Lipinski definition) is 4. The smallest absolute Gasteiger partial charge is 0.408 e. The first-order valence-corrected chi connectivity index (χ1v) is 22.7. The molecule has 2 bridgehead atoms. The number of rotatable bonds is 7. The van der Waals surface area contributed by atoms with Gasteiger partial charge in [-0.3, -0.25) is 23.9 Å². The standard InChI is InChI=1S/C42H53N5O9S/c48-36-29-13-6-7-15-32(29)43-38-30(36)14-3-1-2-9-25-12-8-16-34(25)56-41(52)44-35(26-10-4-5-11-26)39(50)47-23-27(55-38)21-33(47)37(49)45-42(22-31(42)24-17-18-24)40(51)46-57(53,54)28-19-20-28/h1,3,6-7,13,15,24-28,31,33-35H,2,4-5,8-12,14,16-23H2,(H,43,48)(H,44,52)(H,45,49)(H,46,51)/b3-1-/t25-,27-,31+,33+,34-,35+,42-/m1/s1. The van der Waals surface area contributed by atoms with Crippen LogP contribution in [0.15, 0.2) is 41.2 Å². The van der Waals surface area contributed by atoms with Crippen LogP contribution in [0.2, 0.25) is 0 Å². The first-order chi connectivity index (χ1) is 27.5. The molecule has 5 saturated carbocycles. The van der Waals surface area contributed by atoms with Crippen LogP contribution in [0.5, 0.6) is 5.88 Å². The van der Waals surface area contributed by atoms with E-state index in [4.69, 9.17) is 9.47 Å². The summed E-state index contributed by atoms with van der Waals surface area (Å²) in [5.41, 5.74) is -0.542. The number of allylic oxidation sites excluding steroid dienone is 2. The number of aromatic amines is 1. The summed E-state index contributed by atoms with van der Waals surface area (Å²) in [5, 5.41) is 5.83. The summed E-state index contributed by atoms with van der Waals surface area (Å²) in [7, 11) is -3.87. The second kappa shape index (κ2) is 15.1. The Kier molecular flexibility index (Phi) is 10.1. The quantitative estimate of drug-likeness (QED) is 0.298. The van der Waals surface area contributed by atoms with Gasteiger partial charge in [0.2, 0.25) is 21.8 Å². The van der Waals surface area contributed by atoms with E-state index in [9.17, 15) is 32.4 Å². The van der Waals surface area contributed by atoms with Gasteiger partial charge in [-0.15, -0.1) is 0 Å². The van der Waals surface area contributed by atoms with E-state index in [0.717, 1.165) is 70.6 Å². The molecule has 5 aliphatic carbocycles. The summed E-state index contributed by atoms with van der Waals surface area (Å²) < 4.78 is 40.7. The second-order valence-electron chi connectivity index (χ2n) is 17.6. The predicted octanol–water partition coefficient (Wildman–Crippen LogP) is 4.12. The number of alkyl carbamates (subject to hydrolysis) is 1. The Morgan fingerprint density at radius 3 is 2.40 bits per heavy atom. The molecule has 3 heterocycles. The number of ether oxygens (including phenoxy) is 2. The third kappa shape index (κ3) is 7.68. The molecule has 15 heteroatoms. The van der Waals surface area contributed by atoms with Crippen molar-refractivity contribution in [3.63, 3.8) is 0 Å². The van der Waals surface area contributed by atoms with Crippen LogP contribution in [0.25, 0.3) is 10.9 Å². The van der Waals surface area contributed by atoms with Gasteiger partial charge in [-0.1, -0.05) is 37.1 Å². The van der Waals surface area contributed by atoms with E-state index in [0.29, 0.717) is 42.1 Å². The van der Waals surface area contributed by atoms with Gasteiger partial charge >= 0.3 is 6.09 Å². The first-order valence-electron chi connectivity index (χ1n) is 21.1. The molecule has 1 aromatic heterocycles. The minimum atomic E-state index is -3.87. The molecule has 4 amide bonds. The Hall–Kier alpha value is -4.40. The van der Waals surface area contributed by atoms with Gasteiger partial charge in [0.25, 0.3) is 5.91 Å². The Bertz CT molecular complexity index is 2140. The Balaban J connectivity index is 1.06. The lowest BCUT2D eigenvalue weighted by Gasteiger charge is -2.32. The molecule has 2 aromatic rings. The van der Waals surface area contributed by atoms with Crippen LogP contribution in [0, 0.1) is 23.7 Å². The monoisotopic (exact) mass is 803 g/mol. The number of nitrogens with zero attached hydrogens (tertiary/aromatic N) is 1. The molecule has 4 N–H and O–H groups in total. The summed E-state index contributed by atoms with van der Waals surface area (Å²) >= 11 is 0. The van der Waals surface area contributed by atoms with Crippen LogP contribution in [0.3, 0.4) is 0 Å². The van der Waals surface area contributed by atoms with Crippen molar-refractivity contribution in [2.45, 2.75) is 138 Å². The number of carbonyl (C=O) groups excluding carboxylic acids is 4. The average molecular weight is 804 g/mol. The van der Waals surface area contributed by atoms with Crippen molar-refractivity contribution in [1.82, 2.24) is 25.2 Å². The Morgan fingerprint density at radius 2 is 1.63 bits per heavy atom. The SMILES string of the molecule is O=C1N[C@@H](C2CCCC2)C(=O)N2C[C@@H](C[C@H]2C(=O)N[C@]2(C(=O)NS(=O)(=O)C3CC3)C[C@H]2C2CC2)Oc2[nH]c3ccccc3c(=O)c2C/C=C\CC[C@@H]2CCC[C@H]2O1. The van der Waals surface area contributed by atoms with Crippen molar-refractivity contribution in [2.75, 3.05) is 6.54 Å². The molecule has 6 fully saturated rings. The van der Waals surface area contributed by atoms with Crippen LogP contribution in [-0.4, -0.2) is 83.7 Å². The highest BCUT2D eigenvalue weighted by atomic mass is 32.2. The highest BCUT2D eigenvalue weighted by Gasteiger charge is 2.67. The maximum atomic E-state index is 14.9. The number of aromatic nitrogens is 1. The number of sulfonamides is 1. The van der Waals surface area contributed by atoms with Crippen molar-refractivity contribution >= 4 is 44.7 Å². The van der Waals surface area contributed by atoms with Crippen LogP contribution < -0.4 is 25.5 Å². The van der Waals surface area contributed by atoms with Gasteiger partial charge < -0.3 is 30.0 Å². The number of amides is 4. The summed E-state index contributed by atoms with van der Waals surface area (Å²) in [6.07, 6.45) is 13.2. The number of fused-ring (bicyclic) bond motifs is 5. The van der Waals surface area contributed by atoms with E-state index in [2.05, 4.69) is 26.4 Å². The predicted molar refractivity (Wildman–Crippen MR) is 209 cm³/mol. The number of benzene rings is 1. The highest BCUT2D eigenvalue weighted by molar-refractivity contribution is 7.91. The fourth-order valence-corrected chi connectivity index (χ4v) is 11.5. The number of H-pyrrole nitrogens is 1. The fourth-order valence-electron chi connectivity index (χ4n) is 10.2. The van der Waals surface area contributed by atoms with Gasteiger partial charge in [-0.05, 0) is 119 Å². The second-order valence-corrected chi connectivity index (χ2v) is 19.6. The van der Waals surface area contributed by atoms with Crippen LogP contribution >= 0.6 is 0 Å². The lowest BCUT2D eigenvalue weighted by Crippen LogP contribution is -2.59. The number of pyridine rings is 1. The largest absolute Gasteiger partial charge is 0.473 e. The molecular weight excluding hydrogens is 751 g/mol. The van der Waals surface area contributed by atoms with E-state index in [-0.39, 0.29) is 54.0 Å². The van der Waals surface area contributed by atoms with Crippen LogP contribution in [0.1, 0.15) is 102 Å². The van der Waals surface area contributed by atoms with E-state index in [1.807, 2.05) is 18.2 Å². The van der Waals surface area contributed by atoms with Crippen LogP contribution in [-0.2, 0) is 35.6 Å². The molecule has 0 unspecified atom stereocenters. The lowest BCUT2D eigenvalue weighted by atomic mass is 9.96. The van der Waals surface area contributed by atoms with Gasteiger partial charge in [-0.25, -0.2) is 13.2 Å². The maximum Gasteiger partial charge on any atom is 0.408 e. The summed E-state index contributed by atoms with van der Waals surface area (Å²) in [5.74, 6) is -1.49. The normalized spacial score (nSPS) is 32.9. The molecule has 7 aliphatic rings. The maximum absolute atomic E-state index is 14.9. The average Bonchev–Trinajstić information content (AvgIpc) is 4.15. The zero-order valence-electron chi connectivity index (χ0n) is 32.2. The molecule has 0 spiro atoms. The Morgan fingerprint density at radius 1 is 0.860 bits per heavy atom. The number of nitrogens with one attached hydrogen (secondary N) is 4. The molecule has 14 nitrogen and oxygen atoms in total. The highest BCUT2D eigenvalue weighted by Crippen LogP contribution is 2.57. The fraction of sp³-hybridized carbons (Fsp3) is 0.643. The van der Waals surface area contributed by atoms with E-state index in [1.54, 1.807) is 12.1 Å². The third-order valence-electron chi connectivity index (χ3n) is 13.7. The molecule has 1 aromatic carbocycles. The Labute approximate surface area is 332 Å². The van der Waals surface area contributed by atoms with Gasteiger partial charge in [0, 0.05) is 11.8 Å². The van der Waals surface area contributed by atoms with Crippen molar-refractivity contribution < 1.29 is 37.1 Å². The summed E-state index contributed by atoms with van der Waals surface area (Å²) in [4.78, 5) is 75.7. The van der Waals surface area contributed by atoms with Gasteiger partial charge in [0.05, 0.1) is 22.9 Å². The van der Waals surface area contributed by atoms with Gasteiger partial charge in [0.1, 0.15) is 29.8 Å². The van der Waals surface area contributed by atoms with Crippen molar-refractivity contribution in [3.05, 3.63) is 52.2 Å². The van der Waals surface area contributed by atoms with Crippen LogP contribution in [0.4, 0.5) is 4.79 Å². The molecule has 2 aliphatic heterocycles. The minimum absolute atomic E-state index is 0.0208. The minimum Gasteiger partial charge on any atom is -0.473 e. The molecular formula is C42H53N5O9S. The van der Waals surface area contributed by atoms with E-state index >= 15 is 0 Å². The van der Waals surface area contributed by atoms with Gasteiger partial charge in [-0.2, -0.15) is 0 Å². The number of para-hydroxylation sites is 1. The third-order valence-corrected chi connectivity index (χ3v) is 15.5. The molecule has 7 atom stereocenters. The van der Waals surface area contributed by atoms with Gasteiger partial charge in [0.15, 0.2) is 11.3 Å². The van der Waals surface area contributed by atoms with Crippen molar-refractivity contribution in [3.8, 4) is 5.88 Å². The zero-order valence-corrected chi connectivity index (χ0v) is 33.0. The van der Waals surface area contributed by atoms with E-state index < -0.39 is 62.8 Å². The molecule has 57 heavy (non-hydrogen) atoms. The van der Waals surface area contributed by atoms with Crippen molar-refractivity contribution in [2.24, 2.45) is 23.7 Å². The lowest BCUT2D eigenvalue weighted by molar-refractivity contribution is -0.142. The zero-order chi connectivity index (χ0) is 39.5. The van der Waals surface area contributed by atoms with Crippen molar-refractivity contribution in [1.29, 1.82) is 0 Å². The summed E-state index contributed by atoms with van der Waals surface area (Å²) in [6.45, 7) is -0.0208. The topological polar surface area (TPSA) is 193 Å². The molecule has 1 saturated heterocycles.